The Hall–Kier alpha value is -2.39. The second kappa shape index (κ2) is 6.84. The van der Waals surface area contributed by atoms with E-state index in [1.807, 2.05) is 6.07 Å². The van der Waals surface area contributed by atoms with Crippen LogP contribution in [0.1, 0.15) is 29.9 Å². The number of benzene rings is 2. The lowest BCUT2D eigenvalue weighted by Gasteiger charge is -2.33. The zero-order chi connectivity index (χ0) is 20.2. The zero-order valence-corrected chi connectivity index (χ0v) is 19.0. The number of aryl methyl sites for hydroxylation is 2. The molecule has 0 atom stereocenters. The first-order valence-electron chi connectivity index (χ1n) is 10.8. The molecular weight excluding hydrogens is 370 g/mol. The monoisotopic (exact) mass is 400 g/mol. The fourth-order valence-corrected chi connectivity index (χ4v) is 7.60. The number of aromatic nitrogens is 1. The summed E-state index contributed by atoms with van der Waals surface area (Å²) in [5.74, 6) is 0.735. The largest absolute Gasteiger partial charge is 0.464 e. The molecule has 1 saturated heterocycles. The fraction of sp³-hybridized carbons (Fsp3) is 0.346. The molecule has 3 heterocycles. The van der Waals surface area contributed by atoms with Crippen molar-refractivity contribution in [2.45, 2.75) is 50.9 Å². The van der Waals surface area contributed by atoms with E-state index < -0.39 is 8.07 Å². The molecule has 2 aromatic heterocycles. The topological polar surface area (TPSA) is 17.0 Å². The van der Waals surface area contributed by atoms with Gasteiger partial charge in [0.25, 0.3) is 0 Å². The maximum Gasteiger partial charge on any atom is 0.220 e. The van der Waals surface area contributed by atoms with E-state index in [4.69, 9.17) is 4.42 Å². The Morgan fingerprint density at radius 2 is 1.76 bits per heavy atom. The molecule has 1 fully saturated rings. The SMILES string of the molecule is Cc1cc2ccoc2cc1-c1c2ccc(C3CC[Si](C)(C)CC3)cc2cc[n+]1C. The summed E-state index contributed by atoms with van der Waals surface area (Å²) >= 11 is 0. The van der Waals surface area contributed by atoms with Crippen molar-refractivity contribution in [1.82, 2.24) is 0 Å². The molecule has 2 nitrogen and oxygen atoms in total. The van der Waals surface area contributed by atoms with Gasteiger partial charge in [0.1, 0.15) is 12.6 Å². The first-order chi connectivity index (χ1) is 13.9. The molecular formula is C26H30NOSi+. The van der Waals surface area contributed by atoms with E-state index in [0.717, 1.165) is 11.5 Å². The van der Waals surface area contributed by atoms with Crippen LogP contribution in [0.2, 0.25) is 25.2 Å². The molecule has 5 rings (SSSR count). The van der Waals surface area contributed by atoms with Crippen molar-refractivity contribution >= 4 is 29.8 Å². The predicted octanol–water partition coefficient (Wildman–Crippen LogP) is 6.97. The second-order valence-corrected chi connectivity index (χ2v) is 15.0. The smallest absolute Gasteiger partial charge is 0.220 e. The van der Waals surface area contributed by atoms with Crippen molar-refractivity contribution in [3.05, 3.63) is 66.1 Å². The highest BCUT2D eigenvalue weighted by atomic mass is 28.3. The number of rotatable bonds is 2. The van der Waals surface area contributed by atoms with Gasteiger partial charge in [-0.15, -0.1) is 0 Å². The minimum atomic E-state index is -0.915. The van der Waals surface area contributed by atoms with E-state index in [2.05, 4.69) is 74.2 Å². The van der Waals surface area contributed by atoms with Gasteiger partial charge in [-0.05, 0) is 66.5 Å². The Balaban J connectivity index is 1.61. The van der Waals surface area contributed by atoms with Gasteiger partial charge in [0.05, 0.1) is 17.2 Å². The van der Waals surface area contributed by atoms with Gasteiger partial charge in [-0.1, -0.05) is 37.3 Å². The first kappa shape index (κ1) is 18.6. The van der Waals surface area contributed by atoms with Crippen LogP contribution < -0.4 is 4.57 Å². The third-order valence-electron chi connectivity index (χ3n) is 7.03. The van der Waals surface area contributed by atoms with Crippen LogP contribution in [0.4, 0.5) is 0 Å². The van der Waals surface area contributed by atoms with Crippen LogP contribution in [0, 0.1) is 6.92 Å². The lowest BCUT2D eigenvalue weighted by atomic mass is 9.90. The molecule has 0 N–H and O–H groups in total. The van der Waals surface area contributed by atoms with E-state index >= 15 is 0 Å². The highest BCUT2D eigenvalue weighted by molar-refractivity contribution is 6.77. The molecule has 0 saturated carbocycles. The lowest BCUT2D eigenvalue weighted by Crippen LogP contribution is -2.31. The van der Waals surface area contributed by atoms with Crippen LogP contribution in [-0.2, 0) is 7.05 Å². The summed E-state index contributed by atoms with van der Waals surface area (Å²) in [5, 5.41) is 3.83. The second-order valence-electron chi connectivity index (χ2n) is 9.69. The van der Waals surface area contributed by atoms with Crippen molar-refractivity contribution in [2.24, 2.45) is 7.05 Å². The third-order valence-corrected chi connectivity index (χ3v) is 10.3. The van der Waals surface area contributed by atoms with Crippen LogP contribution in [0.5, 0.6) is 0 Å². The van der Waals surface area contributed by atoms with E-state index in [9.17, 15) is 0 Å². The molecule has 0 unspecified atom stereocenters. The molecule has 0 radical (unpaired) electrons. The molecule has 1 aliphatic heterocycles. The summed E-state index contributed by atoms with van der Waals surface area (Å²) in [6.45, 7) is 7.30. The first-order valence-corrected chi connectivity index (χ1v) is 14.2. The number of furan rings is 1. The van der Waals surface area contributed by atoms with Gasteiger partial charge in [-0.2, -0.15) is 0 Å². The fourth-order valence-electron chi connectivity index (χ4n) is 5.09. The number of hydrogen-bond donors (Lipinski definition) is 0. The van der Waals surface area contributed by atoms with Crippen LogP contribution >= 0.6 is 0 Å². The van der Waals surface area contributed by atoms with Crippen LogP contribution in [0.15, 0.2) is 59.3 Å². The van der Waals surface area contributed by atoms with Crippen molar-refractivity contribution < 1.29 is 8.98 Å². The molecule has 148 valence electrons. The Kier molecular flexibility index (Phi) is 4.39. The highest BCUT2D eigenvalue weighted by Crippen LogP contribution is 2.40. The standard InChI is InChI=1S/C26H30NOSi/c1-18-15-22-8-12-28-25(22)17-24(18)26-23-6-5-20(16-21(23)7-11-27(26)2)19-9-13-29(3,4)14-10-19/h5-8,11-12,15-17,19H,9-10,13-14H2,1-4H3/q+1. The van der Waals surface area contributed by atoms with Crippen molar-refractivity contribution in [1.29, 1.82) is 0 Å². The Bertz CT molecular complexity index is 1210. The van der Waals surface area contributed by atoms with Crippen molar-refractivity contribution in [3.63, 3.8) is 0 Å². The third kappa shape index (κ3) is 3.32. The van der Waals surface area contributed by atoms with Crippen LogP contribution in [0.3, 0.4) is 0 Å². The Labute approximate surface area is 174 Å². The molecule has 29 heavy (non-hydrogen) atoms. The Morgan fingerprint density at radius 3 is 2.55 bits per heavy atom. The van der Waals surface area contributed by atoms with Gasteiger partial charge in [-0.25, -0.2) is 4.57 Å². The van der Waals surface area contributed by atoms with E-state index in [-0.39, 0.29) is 0 Å². The van der Waals surface area contributed by atoms with E-state index in [0.29, 0.717) is 0 Å². The van der Waals surface area contributed by atoms with Crippen LogP contribution in [-0.4, -0.2) is 8.07 Å². The van der Waals surface area contributed by atoms with Crippen molar-refractivity contribution in [3.8, 4) is 11.3 Å². The molecule has 0 amide bonds. The van der Waals surface area contributed by atoms with E-state index in [1.165, 1.54) is 63.5 Å². The maximum atomic E-state index is 5.70. The van der Waals surface area contributed by atoms with Gasteiger partial charge in [0.2, 0.25) is 5.69 Å². The minimum Gasteiger partial charge on any atom is -0.464 e. The number of fused-ring (bicyclic) bond motifs is 2. The molecule has 0 aliphatic carbocycles. The summed E-state index contributed by atoms with van der Waals surface area (Å²) < 4.78 is 7.94. The molecule has 3 heteroatoms. The van der Waals surface area contributed by atoms with Gasteiger partial charge < -0.3 is 4.42 Å². The van der Waals surface area contributed by atoms with E-state index in [1.54, 1.807) is 6.26 Å². The summed E-state index contributed by atoms with van der Waals surface area (Å²) in [6, 6.07) is 18.8. The number of hydrogen-bond acceptors (Lipinski definition) is 1. The quantitative estimate of drug-likeness (QED) is 0.262. The number of pyridine rings is 1. The van der Waals surface area contributed by atoms with Gasteiger partial charge in [0.15, 0.2) is 6.20 Å². The summed E-state index contributed by atoms with van der Waals surface area (Å²) in [5.41, 5.74) is 6.28. The average Bonchev–Trinajstić information content (AvgIpc) is 3.14. The zero-order valence-electron chi connectivity index (χ0n) is 18.0. The molecule has 2 aromatic carbocycles. The molecule has 4 aromatic rings. The predicted molar refractivity (Wildman–Crippen MR) is 124 cm³/mol. The summed E-state index contributed by atoms with van der Waals surface area (Å²) in [7, 11) is 1.23. The van der Waals surface area contributed by atoms with Crippen molar-refractivity contribution in [2.75, 3.05) is 0 Å². The summed E-state index contributed by atoms with van der Waals surface area (Å²) in [4.78, 5) is 0. The Morgan fingerprint density at radius 1 is 0.966 bits per heavy atom. The minimum absolute atomic E-state index is 0.735. The van der Waals surface area contributed by atoms with Gasteiger partial charge in [-0.3, -0.25) is 0 Å². The highest BCUT2D eigenvalue weighted by Gasteiger charge is 2.29. The molecule has 0 bridgehead atoms. The lowest BCUT2D eigenvalue weighted by molar-refractivity contribution is -0.659. The van der Waals surface area contributed by atoms with Gasteiger partial charge >= 0.3 is 0 Å². The average molecular weight is 401 g/mol. The molecule has 0 spiro atoms. The van der Waals surface area contributed by atoms with Gasteiger partial charge in [0, 0.05) is 19.5 Å². The maximum absolute atomic E-state index is 5.70. The molecule has 1 aliphatic rings. The number of nitrogens with zero attached hydrogens (tertiary/aromatic N) is 1. The summed E-state index contributed by atoms with van der Waals surface area (Å²) in [6.07, 6.45) is 6.71. The normalized spacial score (nSPS) is 17.2. The van der Waals surface area contributed by atoms with Crippen LogP contribution in [0.25, 0.3) is 33.0 Å².